The lowest BCUT2D eigenvalue weighted by Crippen LogP contribution is -2.52. The lowest BCUT2D eigenvalue weighted by atomic mass is 9.72. The molecule has 1 saturated heterocycles. The number of anilines is 1. The number of hydrogen-bond donors (Lipinski definition) is 1. The summed E-state index contributed by atoms with van der Waals surface area (Å²) in [5.74, 6) is 0.765. The number of alkyl halides is 3. The summed E-state index contributed by atoms with van der Waals surface area (Å²) in [5, 5.41) is 12.1. The van der Waals surface area contributed by atoms with Crippen molar-refractivity contribution in [1.29, 1.82) is 0 Å². The van der Waals surface area contributed by atoms with Crippen LogP contribution in [0.1, 0.15) is 95.8 Å². The van der Waals surface area contributed by atoms with E-state index in [4.69, 9.17) is 4.74 Å². The summed E-state index contributed by atoms with van der Waals surface area (Å²) >= 11 is 0. The van der Waals surface area contributed by atoms with Gasteiger partial charge in [-0.15, -0.1) is 10.2 Å². The SMILES string of the molecule is Cn1cnnc1[C@H](c1cccc(N2Cc3c(cc(C(NC4(C)CCC4)C4CCC4)cc3C(F)(F)F)C2=O)c1)C1COC1. The van der Waals surface area contributed by atoms with Crippen molar-refractivity contribution in [3.05, 3.63) is 76.4 Å². The Morgan fingerprint density at radius 3 is 2.43 bits per heavy atom. The van der Waals surface area contributed by atoms with Crippen LogP contribution in [0.3, 0.4) is 0 Å². The lowest BCUT2D eigenvalue weighted by Gasteiger charge is -2.46. The van der Waals surface area contributed by atoms with Crippen LogP contribution in [-0.4, -0.2) is 39.4 Å². The molecular weight excluding hydrogens is 543 g/mol. The van der Waals surface area contributed by atoms with Gasteiger partial charge >= 0.3 is 6.18 Å². The Morgan fingerprint density at radius 2 is 1.86 bits per heavy atom. The van der Waals surface area contributed by atoms with Crippen molar-refractivity contribution in [2.24, 2.45) is 18.9 Å². The molecule has 1 unspecified atom stereocenters. The largest absolute Gasteiger partial charge is 0.416 e. The van der Waals surface area contributed by atoms with Crippen molar-refractivity contribution in [2.75, 3.05) is 18.1 Å². The molecule has 0 bridgehead atoms. The highest BCUT2D eigenvalue weighted by atomic mass is 19.4. The zero-order valence-corrected chi connectivity index (χ0v) is 24.0. The van der Waals surface area contributed by atoms with Gasteiger partial charge < -0.3 is 19.5 Å². The number of fused-ring (bicyclic) bond motifs is 1. The maximum atomic E-state index is 14.6. The molecule has 7 nitrogen and oxygen atoms in total. The molecule has 7 rings (SSSR count). The van der Waals surface area contributed by atoms with E-state index in [0.717, 1.165) is 49.9 Å². The highest BCUT2D eigenvalue weighted by molar-refractivity contribution is 6.10. The van der Waals surface area contributed by atoms with Gasteiger partial charge in [0.15, 0.2) is 0 Å². The first-order valence-electron chi connectivity index (χ1n) is 15.0. The maximum absolute atomic E-state index is 14.6. The molecule has 2 aromatic carbocycles. The van der Waals surface area contributed by atoms with Crippen molar-refractivity contribution < 1.29 is 22.7 Å². The summed E-state index contributed by atoms with van der Waals surface area (Å²) in [4.78, 5) is 15.4. The van der Waals surface area contributed by atoms with Crippen LogP contribution >= 0.6 is 0 Å². The second-order valence-electron chi connectivity index (χ2n) is 12.9. The van der Waals surface area contributed by atoms with Gasteiger partial charge in [0.05, 0.1) is 31.2 Å². The summed E-state index contributed by atoms with van der Waals surface area (Å²) in [6.45, 7) is 3.21. The predicted octanol–water partition coefficient (Wildman–Crippen LogP) is 6.15. The Labute approximate surface area is 243 Å². The van der Waals surface area contributed by atoms with E-state index in [-0.39, 0.29) is 52.9 Å². The fraction of sp³-hybridized carbons (Fsp3) is 0.531. The van der Waals surface area contributed by atoms with E-state index in [2.05, 4.69) is 22.4 Å². The molecule has 0 radical (unpaired) electrons. The van der Waals surface area contributed by atoms with Crippen LogP contribution in [0.5, 0.6) is 0 Å². The highest BCUT2D eigenvalue weighted by Gasteiger charge is 2.44. The Morgan fingerprint density at radius 1 is 1.07 bits per heavy atom. The smallest absolute Gasteiger partial charge is 0.381 e. The normalized spacial score (nSPS) is 21.8. The molecule has 3 aromatic rings. The average Bonchev–Trinajstić information content (AvgIpc) is 3.45. The minimum Gasteiger partial charge on any atom is -0.381 e. The van der Waals surface area contributed by atoms with Crippen LogP contribution in [0.15, 0.2) is 42.7 Å². The standard InChI is InChI=1S/C32H36F3N5O2/c1-31(10-5-11-31)37-28(19-6-3-7-19)21-13-24-25(26(14-21)32(33,34)35)15-40(30(24)41)23-9-4-8-20(12-23)27(22-16-42-17-22)29-38-36-18-39(29)2/h4,8-9,12-14,18-19,22,27-28,37H,3,5-7,10-11,15-17H2,1-2H3/t27-,28?/m1/s1. The van der Waals surface area contributed by atoms with Crippen LogP contribution in [0.4, 0.5) is 18.9 Å². The third-order valence-corrected chi connectivity index (χ3v) is 10.0. The molecule has 1 N–H and O–H groups in total. The van der Waals surface area contributed by atoms with Crippen LogP contribution in [0, 0.1) is 11.8 Å². The van der Waals surface area contributed by atoms with Crippen molar-refractivity contribution in [3.63, 3.8) is 0 Å². The Balaban J connectivity index is 1.25. The molecule has 2 aliphatic carbocycles. The van der Waals surface area contributed by atoms with Gasteiger partial charge in [-0.25, -0.2) is 0 Å². The minimum atomic E-state index is -4.57. The zero-order valence-electron chi connectivity index (χ0n) is 24.0. The van der Waals surface area contributed by atoms with Crippen molar-refractivity contribution in [3.8, 4) is 0 Å². The van der Waals surface area contributed by atoms with Gasteiger partial charge in [-0.2, -0.15) is 13.2 Å². The second-order valence-corrected chi connectivity index (χ2v) is 12.9. The number of hydrogen-bond acceptors (Lipinski definition) is 5. The number of carbonyl (C=O) groups is 1. The van der Waals surface area contributed by atoms with Gasteiger partial charge in [0, 0.05) is 35.8 Å². The predicted molar refractivity (Wildman–Crippen MR) is 151 cm³/mol. The first kappa shape index (κ1) is 27.6. The van der Waals surface area contributed by atoms with Gasteiger partial charge in [0.1, 0.15) is 12.2 Å². The molecule has 3 heterocycles. The van der Waals surface area contributed by atoms with E-state index in [1.807, 2.05) is 29.8 Å². The quantitative estimate of drug-likeness (QED) is 0.347. The van der Waals surface area contributed by atoms with Crippen LogP contribution in [0.2, 0.25) is 0 Å². The average molecular weight is 580 g/mol. The number of benzene rings is 2. The number of amides is 1. The molecule has 2 atom stereocenters. The lowest BCUT2D eigenvalue weighted by molar-refractivity contribution is -0.138. The number of rotatable bonds is 8. The Bertz CT molecular complexity index is 1510. The number of carbonyl (C=O) groups excluding carboxylic acids is 1. The maximum Gasteiger partial charge on any atom is 0.416 e. The molecule has 42 heavy (non-hydrogen) atoms. The van der Waals surface area contributed by atoms with E-state index < -0.39 is 11.7 Å². The van der Waals surface area contributed by atoms with Crippen LogP contribution in [-0.2, 0) is 24.5 Å². The summed E-state index contributed by atoms with van der Waals surface area (Å²) in [6.07, 6.45) is 3.29. The Hall–Kier alpha value is -3.24. The zero-order chi connectivity index (χ0) is 29.2. The highest BCUT2D eigenvalue weighted by Crippen LogP contribution is 2.46. The van der Waals surface area contributed by atoms with E-state index in [9.17, 15) is 18.0 Å². The molecule has 3 fully saturated rings. The van der Waals surface area contributed by atoms with Gasteiger partial charge in [-0.05, 0) is 85.9 Å². The summed E-state index contributed by atoms with van der Waals surface area (Å²) < 4.78 is 51.1. The summed E-state index contributed by atoms with van der Waals surface area (Å²) in [5.41, 5.74) is 1.53. The molecule has 1 amide bonds. The first-order chi connectivity index (χ1) is 20.1. The number of nitrogens with zero attached hydrogens (tertiary/aromatic N) is 4. The third-order valence-electron chi connectivity index (χ3n) is 10.0. The molecule has 2 saturated carbocycles. The first-order valence-corrected chi connectivity index (χ1v) is 15.0. The third kappa shape index (κ3) is 4.72. The van der Waals surface area contributed by atoms with E-state index >= 15 is 0 Å². The molecular formula is C32H36F3N5O2. The molecule has 2 aliphatic heterocycles. The number of aromatic nitrogens is 3. The number of nitrogens with one attached hydrogen (secondary N) is 1. The van der Waals surface area contributed by atoms with E-state index in [1.54, 1.807) is 18.5 Å². The molecule has 222 valence electrons. The molecule has 4 aliphatic rings. The van der Waals surface area contributed by atoms with Crippen LogP contribution in [0.25, 0.3) is 0 Å². The Kier molecular flexibility index (Phi) is 6.69. The fourth-order valence-corrected chi connectivity index (χ4v) is 7.08. The van der Waals surface area contributed by atoms with Gasteiger partial charge in [-0.3, -0.25) is 4.79 Å². The molecule has 0 spiro atoms. The van der Waals surface area contributed by atoms with Crippen molar-refractivity contribution >= 4 is 11.6 Å². The number of aryl methyl sites for hydroxylation is 1. The summed E-state index contributed by atoms with van der Waals surface area (Å²) in [7, 11) is 1.89. The van der Waals surface area contributed by atoms with Crippen LogP contribution < -0.4 is 10.2 Å². The number of ether oxygens (including phenoxy) is 1. The van der Waals surface area contributed by atoms with E-state index in [1.165, 1.54) is 11.0 Å². The minimum absolute atomic E-state index is 0.0566. The summed E-state index contributed by atoms with van der Waals surface area (Å²) in [6, 6.07) is 10.4. The van der Waals surface area contributed by atoms with Crippen molar-refractivity contribution in [1.82, 2.24) is 20.1 Å². The topological polar surface area (TPSA) is 72.3 Å². The fourth-order valence-electron chi connectivity index (χ4n) is 7.08. The molecule has 1 aromatic heterocycles. The van der Waals surface area contributed by atoms with Gasteiger partial charge in [0.2, 0.25) is 0 Å². The van der Waals surface area contributed by atoms with E-state index in [0.29, 0.717) is 24.5 Å². The monoisotopic (exact) mass is 579 g/mol. The molecule has 10 heteroatoms. The van der Waals surface area contributed by atoms with Crippen molar-refractivity contribution in [2.45, 2.75) is 75.7 Å². The van der Waals surface area contributed by atoms with Gasteiger partial charge in [-0.1, -0.05) is 18.6 Å². The van der Waals surface area contributed by atoms with Gasteiger partial charge in [0.25, 0.3) is 5.91 Å². The second kappa shape index (κ2) is 10.2. The number of halogens is 3.